The van der Waals surface area contributed by atoms with Crippen molar-refractivity contribution >= 4 is 33.3 Å². The van der Waals surface area contributed by atoms with Gasteiger partial charge in [-0.3, -0.25) is 9.69 Å². The lowest BCUT2D eigenvalue weighted by Crippen LogP contribution is -2.57. The average Bonchev–Trinajstić information content (AvgIpc) is 3.41. The van der Waals surface area contributed by atoms with Gasteiger partial charge in [0.15, 0.2) is 0 Å². The summed E-state index contributed by atoms with van der Waals surface area (Å²) in [5.74, 6) is 0.540. The first-order valence-corrected chi connectivity index (χ1v) is 12.7. The van der Waals surface area contributed by atoms with Crippen molar-refractivity contribution < 1.29 is 13.2 Å². The van der Waals surface area contributed by atoms with Gasteiger partial charge in [0.05, 0.1) is 19.3 Å². The Morgan fingerprint density at radius 2 is 1.74 bits per heavy atom. The minimum absolute atomic E-state index is 0.122. The Morgan fingerprint density at radius 1 is 1.06 bits per heavy atom. The molecule has 1 amide bonds. The molecule has 0 aliphatic carbocycles. The first kappa shape index (κ1) is 22.4. The molecule has 2 saturated heterocycles. The third-order valence-corrected chi connectivity index (χ3v) is 8.58. The summed E-state index contributed by atoms with van der Waals surface area (Å²) >= 11 is 1.65. The summed E-state index contributed by atoms with van der Waals surface area (Å²) in [5, 5.41) is 9.23. The summed E-state index contributed by atoms with van der Waals surface area (Å²) in [5.41, 5.74) is 0. The number of carbonyl (C=O) groups excluding carboxylic acids is 1. The second kappa shape index (κ2) is 9.76. The lowest BCUT2D eigenvalue weighted by Gasteiger charge is -2.38. The maximum Gasteiger partial charge on any atom is 0.282 e. The molecule has 12 heteroatoms. The van der Waals surface area contributed by atoms with Crippen LogP contribution in [0.15, 0.2) is 29.8 Å². The molecule has 2 aliphatic heterocycles. The van der Waals surface area contributed by atoms with E-state index in [1.165, 1.54) is 0 Å². The van der Waals surface area contributed by atoms with E-state index in [1.54, 1.807) is 36.9 Å². The number of nitrogens with zero attached hydrogens (tertiary/aromatic N) is 6. The molecule has 4 heterocycles. The van der Waals surface area contributed by atoms with E-state index in [0.29, 0.717) is 51.6 Å². The van der Waals surface area contributed by atoms with Gasteiger partial charge in [-0.2, -0.15) is 22.1 Å². The van der Waals surface area contributed by atoms with E-state index in [2.05, 4.69) is 15.3 Å². The number of aromatic nitrogens is 2. The third-order valence-electron chi connectivity index (χ3n) is 5.68. The minimum atomic E-state index is -3.43. The van der Waals surface area contributed by atoms with Gasteiger partial charge >= 0.3 is 0 Å². The highest BCUT2D eigenvalue weighted by Crippen LogP contribution is 2.16. The van der Waals surface area contributed by atoms with Gasteiger partial charge in [0.25, 0.3) is 10.2 Å². The van der Waals surface area contributed by atoms with Crippen molar-refractivity contribution in [2.45, 2.75) is 6.54 Å². The number of likely N-dealkylation sites (N-methyl/N-ethyl adjacent to an activating group) is 1. The first-order chi connectivity index (χ1) is 14.9. The topological polar surface area (TPSA) is 94.0 Å². The Hall–Kier alpha value is -1.83. The van der Waals surface area contributed by atoms with Gasteiger partial charge in [-0.05, 0) is 18.5 Å². The Balaban J connectivity index is 1.26. The smallest absolute Gasteiger partial charge is 0.282 e. The number of piperazine rings is 2. The fraction of sp³-hybridized carbons (Fsp3) is 0.579. The molecule has 2 aliphatic rings. The quantitative estimate of drug-likeness (QED) is 0.618. The molecule has 0 radical (unpaired) electrons. The second-order valence-electron chi connectivity index (χ2n) is 7.89. The van der Waals surface area contributed by atoms with Gasteiger partial charge in [0.1, 0.15) is 5.82 Å². The highest BCUT2D eigenvalue weighted by atomic mass is 32.2. The molecule has 0 atom stereocenters. The molecular weight excluding hydrogens is 438 g/mol. The number of nitrogens with one attached hydrogen (secondary N) is 1. The molecule has 0 bridgehead atoms. The predicted molar refractivity (Wildman–Crippen MR) is 120 cm³/mol. The monoisotopic (exact) mass is 467 g/mol. The van der Waals surface area contributed by atoms with Crippen LogP contribution in [0.2, 0.25) is 0 Å². The minimum Gasteiger partial charge on any atom is -0.310 e. The Labute approximate surface area is 187 Å². The summed E-state index contributed by atoms with van der Waals surface area (Å²) in [6, 6.07) is 5.81. The number of amides is 1. The number of rotatable bonds is 7. The van der Waals surface area contributed by atoms with Crippen molar-refractivity contribution in [2.24, 2.45) is 0 Å². The zero-order chi connectivity index (χ0) is 21.8. The fourth-order valence-corrected chi connectivity index (χ4v) is 6.06. The first-order valence-electron chi connectivity index (χ1n) is 10.4. The number of carbonyl (C=O) groups is 1. The van der Waals surface area contributed by atoms with Gasteiger partial charge in [-0.25, -0.2) is 4.68 Å². The van der Waals surface area contributed by atoms with Gasteiger partial charge in [-0.15, -0.1) is 11.3 Å². The fourth-order valence-electron chi connectivity index (χ4n) is 3.80. The van der Waals surface area contributed by atoms with Gasteiger partial charge in [0, 0.05) is 63.3 Å². The molecular formula is C19H29N7O3S2. The number of thiophene rings is 1. The molecule has 10 nitrogen and oxygen atoms in total. The highest BCUT2D eigenvalue weighted by Gasteiger charge is 2.34. The van der Waals surface area contributed by atoms with E-state index >= 15 is 0 Å². The molecule has 4 rings (SSSR count). The molecule has 170 valence electrons. The van der Waals surface area contributed by atoms with Crippen LogP contribution in [0.5, 0.6) is 0 Å². The van der Waals surface area contributed by atoms with E-state index < -0.39 is 10.2 Å². The summed E-state index contributed by atoms with van der Waals surface area (Å²) in [6.45, 7) is 5.28. The zero-order valence-electron chi connectivity index (χ0n) is 17.7. The van der Waals surface area contributed by atoms with Crippen LogP contribution in [0.4, 0.5) is 5.82 Å². The van der Waals surface area contributed by atoms with Crippen molar-refractivity contribution in [1.82, 2.24) is 28.2 Å². The van der Waals surface area contributed by atoms with E-state index in [-0.39, 0.29) is 12.5 Å². The number of anilines is 1. The van der Waals surface area contributed by atoms with Crippen molar-refractivity contribution in [2.75, 3.05) is 71.3 Å². The van der Waals surface area contributed by atoms with E-state index in [0.717, 1.165) is 18.0 Å². The molecule has 2 aromatic rings. The Bertz CT molecular complexity index is 961. The Kier molecular flexibility index (Phi) is 7.04. The average molecular weight is 468 g/mol. The van der Waals surface area contributed by atoms with Crippen LogP contribution < -0.4 is 5.32 Å². The molecule has 0 saturated carbocycles. The van der Waals surface area contributed by atoms with Crippen molar-refractivity contribution in [1.29, 1.82) is 0 Å². The SMILES string of the molecule is CN1CCN(S(=O)(=O)N2CCN(CC(=O)Nc3ccnn3Cc3cccs3)CC2)CC1. The molecule has 31 heavy (non-hydrogen) atoms. The van der Waals surface area contributed by atoms with Crippen LogP contribution in [0, 0.1) is 0 Å². The molecule has 0 aromatic carbocycles. The summed E-state index contributed by atoms with van der Waals surface area (Å²) < 4.78 is 30.7. The van der Waals surface area contributed by atoms with E-state index in [4.69, 9.17) is 0 Å². The number of hydrogen-bond donors (Lipinski definition) is 1. The van der Waals surface area contributed by atoms with Crippen LogP contribution in [-0.4, -0.2) is 108 Å². The van der Waals surface area contributed by atoms with Crippen molar-refractivity contribution in [3.05, 3.63) is 34.7 Å². The summed E-state index contributed by atoms with van der Waals surface area (Å²) in [6.07, 6.45) is 1.67. The molecule has 0 unspecified atom stereocenters. The third kappa shape index (κ3) is 5.51. The van der Waals surface area contributed by atoms with E-state index in [1.807, 2.05) is 29.5 Å². The largest absolute Gasteiger partial charge is 0.310 e. The summed E-state index contributed by atoms with van der Waals surface area (Å²) in [7, 11) is -1.43. The van der Waals surface area contributed by atoms with Crippen LogP contribution in [0.3, 0.4) is 0 Å². The van der Waals surface area contributed by atoms with Crippen molar-refractivity contribution in [3.63, 3.8) is 0 Å². The zero-order valence-corrected chi connectivity index (χ0v) is 19.3. The second-order valence-corrected chi connectivity index (χ2v) is 10.8. The maximum absolute atomic E-state index is 12.9. The lowest BCUT2D eigenvalue weighted by molar-refractivity contribution is -0.117. The molecule has 1 N–H and O–H groups in total. The van der Waals surface area contributed by atoms with Crippen LogP contribution >= 0.6 is 11.3 Å². The standard InChI is InChI=1S/C19H29N7O3S2/c1-22-6-10-24(11-7-22)31(28,29)25-12-8-23(9-13-25)16-19(27)21-18-4-5-20-26(18)15-17-3-2-14-30-17/h2-5,14H,6-13,15-16H2,1H3,(H,21,27). The van der Waals surface area contributed by atoms with Gasteiger partial charge in [-0.1, -0.05) is 6.07 Å². The van der Waals surface area contributed by atoms with Crippen LogP contribution in [0.1, 0.15) is 4.88 Å². The maximum atomic E-state index is 12.9. The lowest BCUT2D eigenvalue weighted by atomic mass is 10.3. The van der Waals surface area contributed by atoms with Crippen molar-refractivity contribution in [3.8, 4) is 0 Å². The van der Waals surface area contributed by atoms with Crippen LogP contribution in [0.25, 0.3) is 0 Å². The van der Waals surface area contributed by atoms with Crippen LogP contribution in [-0.2, 0) is 21.5 Å². The Morgan fingerprint density at radius 3 is 2.39 bits per heavy atom. The normalized spacial score (nSPS) is 20.2. The molecule has 0 spiro atoms. The molecule has 2 fully saturated rings. The highest BCUT2D eigenvalue weighted by molar-refractivity contribution is 7.86. The van der Waals surface area contributed by atoms with E-state index in [9.17, 15) is 13.2 Å². The molecule has 2 aromatic heterocycles. The summed E-state index contributed by atoms with van der Waals surface area (Å²) in [4.78, 5) is 17.8. The van der Waals surface area contributed by atoms with Gasteiger partial charge in [0.2, 0.25) is 5.91 Å². The van der Waals surface area contributed by atoms with Gasteiger partial charge < -0.3 is 10.2 Å². The number of hydrogen-bond acceptors (Lipinski definition) is 7. The predicted octanol–water partition coefficient (Wildman–Crippen LogP) is 0.0412.